The van der Waals surface area contributed by atoms with Gasteiger partial charge in [-0.05, 0) is 36.2 Å². The third kappa shape index (κ3) is 4.05. The summed E-state index contributed by atoms with van der Waals surface area (Å²) >= 11 is 0. The van der Waals surface area contributed by atoms with E-state index in [1.165, 1.54) is 0 Å². The Kier molecular flexibility index (Phi) is 5.31. The molecular weight excluding hydrogens is 392 g/mol. The van der Waals surface area contributed by atoms with Gasteiger partial charge in [-0.1, -0.05) is 27.7 Å². The van der Waals surface area contributed by atoms with Gasteiger partial charge in [-0.2, -0.15) is 9.78 Å². The fourth-order valence-electron chi connectivity index (χ4n) is 3.57. The number of hydrogen-bond donors (Lipinski definition) is 1. The Balaban J connectivity index is 1.63. The third-order valence-electron chi connectivity index (χ3n) is 5.30. The maximum atomic E-state index is 13.1. The summed E-state index contributed by atoms with van der Waals surface area (Å²) in [5, 5.41) is 7.58. The zero-order chi connectivity index (χ0) is 22.2. The number of carbonyl (C=O) groups excluding carboxylic acids is 2. The van der Waals surface area contributed by atoms with Gasteiger partial charge < -0.3 is 10.2 Å². The summed E-state index contributed by atoms with van der Waals surface area (Å²) in [4.78, 5) is 35.5. The molecule has 1 aliphatic heterocycles. The van der Waals surface area contributed by atoms with E-state index in [2.05, 4.69) is 41.2 Å². The van der Waals surface area contributed by atoms with E-state index in [1.807, 2.05) is 25.1 Å². The molecule has 3 aromatic rings. The van der Waals surface area contributed by atoms with E-state index in [-0.39, 0.29) is 17.2 Å². The summed E-state index contributed by atoms with van der Waals surface area (Å²) in [5.74, 6) is 0.735. The number of carbonyl (C=O) groups is 2. The summed E-state index contributed by atoms with van der Waals surface area (Å²) in [6.07, 6.45) is 4.47. The van der Waals surface area contributed by atoms with Crippen molar-refractivity contribution in [3.05, 3.63) is 59.5 Å². The van der Waals surface area contributed by atoms with E-state index in [0.717, 1.165) is 23.4 Å². The molecule has 8 nitrogen and oxygen atoms in total. The van der Waals surface area contributed by atoms with Crippen LogP contribution < -0.4 is 10.2 Å². The summed E-state index contributed by atoms with van der Waals surface area (Å²) in [7, 11) is 0. The quantitative estimate of drug-likeness (QED) is 0.700. The molecule has 0 saturated heterocycles. The van der Waals surface area contributed by atoms with E-state index in [0.29, 0.717) is 30.3 Å². The Bertz CT molecular complexity index is 1130. The first-order valence-corrected chi connectivity index (χ1v) is 10.4. The molecule has 2 aromatic heterocycles. The molecule has 1 aliphatic rings. The van der Waals surface area contributed by atoms with Crippen LogP contribution in [0.15, 0.2) is 42.7 Å². The molecular formula is C23H26N6O2. The molecule has 0 aliphatic carbocycles. The first kappa shape index (κ1) is 20.7. The number of aromatic nitrogens is 4. The number of amides is 2. The van der Waals surface area contributed by atoms with Gasteiger partial charge in [-0.25, -0.2) is 9.97 Å². The van der Waals surface area contributed by atoms with E-state index in [4.69, 9.17) is 0 Å². The lowest BCUT2D eigenvalue weighted by Crippen LogP contribution is -2.27. The zero-order valence-electron chi connectivity index (χ0n) is 18.2. The standard InChI is InChI=1S/C23H26N6O2/c1-5-20(30)28-12-9-15-13-16(7-8-17(15)28)21(31)26-19-14-18(23(2,3)4)27-29(19)22-24-10-6-11-25-22/h6-8,10-11,13-14H,5,9,12H2,1-4H3,(H,26,31). The lowest BCUT2D eigenvalue weighted by Gasteiger charge is -2.16. The van der Waals surface area contributed by atoms with Crippen LogP contribution >= 0.6 is 0 Å². The van der Waals surface area contributed by atoms with E-state index in [9.17, 15) is 9.59 Å². The Morgan fingerprint density at radius 2 is 1.87 bits per heavy atom. The van der Waals surface area contributed by atoms with Crippen LogP contribution in [0.2, 0.25) is 0 Å². The molecule has 0 spiro atoms. The maximum Gasteiger partial charge on any atom is 0.256 e. The molecule has 0 bridgehead atoms. The molecule has 2 amide bonds. The van der Waals surface area contributed by atoms with Crippen molar-refractivity contribution in [3.63, 3.8) is 0 Å². The highest BCUT2D eigenvalue weighted by Crippen LogP contribution is 2.30. The van der Waals surface area contributed by atoms with Gasteiger partial charge in [0.1, 0.15) is 5.82 Å². The summed E-state index contributed by atoms with van der Waals surface area (Å²) in [6, 6.07) is 9.04. The number of hydrogen-bond acceptors (Lipinski definition) is 5. The molecule has 0 fully saturated rings. The number of rotatable bonds is 4. The Morgan fingerprint density at radius 3 is 2.55 bits per heavy atom. The highest BCUT2D eigenvalue weighted by atomic mass is 16.2. The van der Waals surface area contributed by atoms with Crippen molar-refractivity contribution < 1.29 is 9.59 Å². The topological polar surface area (TPSA) is 93.0 Å². The van der Waals surface area contributed by atoms with Crippen LogP contribution in [-0.2, 0) is 16.6 Å². The molecule has 160 valence electrons. The molecule has 1 aromatic carbocycles. The number of fused-ring (bicyclic) bond motifs is 1. The fourth-order valence-corrected chi connectivity index (χ4v) is 3.57. The van der Waals surface area contributed by atoms with Crippen molar-refractivity contribution in [2.75, 3.05) is 16.8 Å². The molecule has 8 heteroatoms. The molecule has 0 unspecified atom stereocenters. The number of benzene rings is 1. The van der Waals surface area contributed by atoms with E-state index < -0.39 is 0 Å². The Hall–Kier alpha value is -3.55. The Labute approximate surface area is 181 Å². The van der Waals surface area contributed by atoms with Gasteiger partial charge in [0.2, 0.25) is 5.91 Å². The van der Waals surface area contributed by atoms with Crippen molar-refractivity contribution in [3.8, 4) is 5.95 Å². The average Bonchev–Trinajstić information content (AvgIpc) is 3.37. The van der Waals surface area contributed by atoms with Crippen LogP contribution in [0, 0.1) is 0 Å². The molecule has 3 heterocycles. The van der Waals surface area contributed by atoms with Crippen molar-refractivity contribution in [2.45, 2.75) is 46.0 Å². The Morgan fingerprint density at radius 1 is 1.13 bits per heavy atom. The van der Waals surface area contributed by atoms with Crippen LogP contribution in [-0.4, -0.2) is 38.1 Å². The molecule has 4 rings (SSSR count). The minimum absolute atomic E-state index is 0.0948. The maximum absolute atomic E-state index is 13.1. The predicted octanol–water partition coefficient (Wildman–Crippen LogP) is 3.51. The second kappa shape index (κ2) is 7.94. The van der Waals surface area contributed by atoms with E-state index >= 15 is 0 Å². The second-order valence-corrected chi connectivity index (χ2v) is 8.57. The van der Waals surface area contributed by atoms with Crippen molar-refractivity contribution >= 4 is 23.3 Å². The normalized spacial score (nSPS) is 13.2. The van der Waals surface area contributed by atoms with Crippen molar-refractivity contribution in [1.82, 2.24) is 19.7 Å². The first-order valence-electron chi connectivity index (χ1n) is 10.4. The lowest BCUT2D eigenvalue weighted by atomic mass is 9.92. The van der Waals surface area contributed by atoms with Gasteiger partial charge in [-0.3, -0.25) is 9.59 Å². The van der Waals surface area contributed by atoms with Crippen LogP contribution in [0.25, 0.3) is 5.95 Å². The van der Waals surface area contributed by atoms with Crippen LogP contribution in [0.1, 0.15) is 55.7 Å². The molecule has 1 N–H and O–H groups in total. The predicted molar refractivity (Wildman–Crippen MR) is 119 cm³/mol. The number of anilines is 2. The van der Waals surface area contributed by atoms with Gasteiger partial charge in [-0.15, -0.1) is 0 Å². The average molecular weight is 419 g/mol. The highest BCUT2D eigenvalue weighted by molar-refractivity contribution is 6.05. The van der Waals surface area contributed by atoms with Crippen molar-refractivity contribution in [1.29, 1.82) is 0 Å². The minimum atomic E-state index is -0.249. The van der Waals surface area contributed by atoms with Crippen LogP contribution in [0.5, 0.6) is 0 Å². The molecule has 0 radical (unpaired) electrons. The van der Waals surface area contributed by atoms with Gasteiger partial charge in [0.25, 0.3) is 11.9 Å². The summed E-state index contributed by atoms with van der Waals surface area (Å²) in [5.41, 5.74) is 3.04. The number of nitrogens with one attached hydrogen (secondary N) is 1. The van der Waals surface area contributed by atoms with Gasteiger partial charge in [0.15, 0.2) is 0 Å². The number of nitrogens with zero attached hydrogens (tertiary/aromatic N) is 5. The highest BCUT2D eigenvalue weighted by Gasteiger charge is 2.26. The van der Waals surface area contributed by atoms with E-state index in [1.54, 1.807) is 34.1 Å². The van der Waals surface area contributed by atoms with Crippen LogP contribution in [0.4, 0.5) is 11.5 Å². The lowest BCUT2D eigenvalue weighted by molar-refractivity contribution is -0.118. The van der Waals surface area contributed by atoms with Gasteiger partial charge in [0.05, 0.1) is 5.69 Å². The first-order chi connectivity index (χ1) is 14.8. The second-order valence-electron chi connectivity index (χ2n) is 8.57. The monoisotopic (exact) mass is 418 g/mol. The largest absolute Gasteiger partial charge is 0.312 e. The smallest absolute Gasteiger partial charge is 0.256 e. The fraction of sp³-hybridized carbons (Fsp3) is 0.348. The molecule has 0 atom stereocenters. The zero-order valence-corrected chi connectivity index (χ0v) is 18.2. The molecule has 0 saturated carbocycles. The van der Waals surface area contributed by atoms with Crippen LogP contribution in [0.3, 0.4) is 0 Å². The molecule has 31 heavy (non-hydrogen) atoms. The summed E-state index contributed by atoms with van der Waals surface area (Å²) in [6.45, 7) is 8.68. The third-order valence-corrected chi connectivity index (χ3v) is 5.30. The summed E-state index contributed by atoms with van der Waals surface area (Å²) < 4.78 is 1.55. The van der Waals surface area contributed by atoms with Crippen molar-refractivity contribution in [2.24, 2.45) is 0 Å². The SMILES string of the molecule is CCC(=O)N1CCc2cc(C(=O)Nc3cc(C(C)(C)C)nn3-c3ncccn3)ccc21. The minimum Gasteiger partial charge on any atom is -0.312 e. The van der Waals surface area contributed by atoms with Gasteiger partial charge >= 0.3 is 0 Å². The van der Waals surface area contributed by atoms with Gasteiger partial charge in [0, 0.05) is 48.1 Å².